The van der Waals surface area contributed by atoms with Crippen molar-refractivity contribution in [3.05, 3.63) is 35.4 Å². The first kappa shape index (κ1) is 23.0. The molecule has 0 atom stereocenters. The maximum absolute atomic E-state index is 12.7. The summed E-state index contributed by atoms with van der Waals surface area (Å²) in [6, 6.07) is 4.85. The molecule has 1 N–H and O–H groups in total. The second kappa shape index (κ2) is 12.3. The number of oxime groups is 1. The molecule has 0 fully saturated rings. The first-order valence-electron chi connectivity index (χ1n) is 9.00. The van der Waals surface area contributed by atoms with E-state index in [2.05, 4.69) is 10.5 Å². The summed E-state index contributed by atoms with van der Waals surface area (Å²) in [6.45, 7) is 3.04. The van der Waals surface area contributed by atoms with Crippen molar-refractivity contribution in [2.24, 2.45) is 5.16 Å². The predicted octanol–water partition coefficient (Wildman–Crippen LogP) is 4.16. The van der Waals surface area contributed by atoms with Gasteiger partial charge in [-0.2, -0.15) is 13.2 Å². The molecule has 0 spiro atoms. The van der Waals surface area contributed by atoms with Crippen LogP contribution in [0.4, 0.5) is 13.2 Å². The van der Waals surface area contributed by atoms with Gasteiger partial charge in [-0.15, -0.1) is 0 Å². The number of methoxy groups -OCH3 is 1. The summed E-state index contributed by atoms with van der Waals surface area (Å²) in [7, 11) is 1.61. The van der Waals surface area contributed by atoms with Gasteiger partial charge in [-0.1, -0.05) is 24.2 Å². The molecule has 0 aromatic heterocycles. The van der Waals surface area contributed by atoms with Crippen LogP contribution in [-0.4, -0.2) is 38.5 Å². The molecule has 1 amide bonds. The molecular formula is C19H27F3N2O3. The molecule has 0 heterocycles. The zero-order chi connectivity index (χ0) is 20.1. The van der Waals surface area contributed by atoms with E-state index in [-0.39, 0.29) is 12.5 Å². The van der Waals surface area contributed by atoms with Crippen molar-refractivity contribution < 1.29 is 27.5 Å². The van der Waals surface area contributed by atoms with Gasteiger partial charge in [-0.05, 0) is 43.4 Å². The summed E-state index contributed by atoms with van der Waals surface area (Å²) in [5.41, 5.74) is 0.444. The average Bonchev–Trinajstić information content (AvgIpc) is 2.63. The third-order valence-corrected chi connectivity index (χ3v) is 3.72. The highest BCUT2D eigenvalue weighted by molar-refractivity contribution is 6.00. The van der Waals surface area contributed by atoms with Crippen molar-refractivity contribution in [2.75, 3.05) is 26.9 Å². The Morgan fingerprint density at radius 1 is 1.11 bits per heavy atom. The Morgan fingerprint density at radius 3 is 2.41 bits per heavy atom. The van der Waals surface area contributed by atoms with Crippen molar-refractivity contribution in [3.8, 4) is 0 Å². The minimum Gasteiger partial charge on any atom is -0.394 e. The van der Waals surface area contributed by atoms with Crippen LogP contribution in [0.15, 0.2) is 29.4 Å². The molecular weight excluding hydrogens is 361 g/mol. The van der Waals surface area contributed by atoms with Gasteiger partial charge in [0.05, 0.1) is 17.8 Å². The van der Waals surface area contributed by atoms with Crippen molar-refractivity contribution in [1.82, 2.24) is 5.32 Å². The first-order valence-corrected chi connectivity index (χ1v) is 9.00. The molecule has 27 heavy (non-hydrogen) atoms. The summed E-state index contributed by atoms with van der Waals surface area (Å²) < 4.78 is 43.1. The van der Waals surface area contributed by atoms with E-state index in [4.69, 9.17) is 9.57 Å². The Hall–Kier alpha value is -2.09. The zero-order valence-electron chi connectivity index (χ0n) is 15.8. The van der Waals surface area contributed by atoms with E-state index >= 15 is 0 Å². The number of amides is 1. The Morgan fingerprint density at radius 2 is 1.81 bits per heavy atom. The standard InChI is InChI=1S/C19H27F3N2O3/c1-3-6-18(25)23-12-14-27-24-17(7-4-5-13-26-2)15-8-10-16(11-9-15)19(20,21)22/h8-11H,3-7,12-14H2,1-2H3,(H,23,25). The smallest absolute Gasteiger partial charge is 0.394 e. The summed E-state index contributed by atoms with van der Waals surface area (Å²) in [5.74, 6) is -0.0485. The summed E-state index contributed by atoms with van der Waals surface area (Å²) >= 11 is 0. The molecule has 0 radical (unpaired) electrons. The minimum atomic E-state index is -4.37. The zero-order valence-corrected chi connectivity index (χ0v) is 15.8. The van der Waals surface area contributed by atoms with E-state index in [1.54, 1.807) is 7.11 Å². The predicted molar refractivity (Wildman–Crippen MR) is 97.6 cm³/mol. The minimum absolute atomic E-state index is 0.0485. The van der Waals surface area contributed by atoms with Gasteiger partial charge >= 0.3 is 6.18 Å². The van der Waals surface area contributed by atoms with Crippen molar-refractivity contribution in [3.63, 3.8) is 0 Å². The maximum Gasteiger partial charge on any atom is 0.416 e. The summed E-state index contributed by atoms with van der Waals surface area (Å²) in [4.78, 5) is 16.6. The van der Waals surface area contributed by atoms with Crippen molar-refractivity contribution in [2.45, 2.75) is 45.2 Å². The van der Waals surface area contributed by atoms with Crippen LogP contribution in [-0.2, 0) is 20.5 Å². The molecule has 1 rings (SSSR count). The Kier molecular flexibility index (Phi) is 10.5. The van der Waals surface area contributed by atoms with E-state index < -0.39 is 11.7 Å². The SMILES string of the molecule is CCCC(=O)NCCON=C(CCCCOC)c1ccc(C(F)(F)F)cc1. The highest BCUT2D eigenvalue weighted by Crippen LogP contribution is 2.29. The van der Waals surface area contributed by atoms with Crippen LogP contribution in [0.5, 0.6) is 0 Å². The quantitative estimate of drug-likeness (QED) is 0.332. The Labute approximate surface area is 157 Å². The van der Waals surface area contributed by atoms with Gasteiger partial charge in [0.2, 0.25) is 5.91 Å². The molecule has 0 aliphatic carbocycles. The van der Waals surface area contributed by atoms with Gasteiger partial charge < -0.3 is 14.9 Å². The van der Waals surface area contributed by atoms with Crippen LogP contribution < -0.4 is 5.32 Å². The van der Waals surface area contributed by atoms with Crippen LogP contribution >= 0.6 is 0 Å². The third-order valence-electron chi connectivity index (χ3n) is 3.72. The molecule has 0 saturated carbocycles. The first-order chi connectivity index (χ1) is 12.9. The molecule has 5 nitrogen and oxygen atoms in total. The molecule has 0 bridgehead atoms. The number of unbranched alkanes of at least 4 members (excludes halogenated alkanes) is 1. The van der Waals surface area contributed by atoms with Gasteiger partial charge in [0.1, 0.15) is 6.61 Å². The highest BCUT2D eigenvalue weighted by Gasteiger charge is 2.30. The molecule has 8 heteroatoms. The van der Waals surface area contributed by atoms with Crippen molar-refractivity contribution >= 4 is 11.6 Å². The highest BCUT2D eigenvalue weighted by atomic mass is 19.4. The lowest BCUT2D eigenvalue weighted by Crippen LogP contribution is -2.26. The Balaban J connectivity index is 2.67. The fraction of sp³-hybridized carbons (Fsp3) is 0.579. The number of hydrogen-bond acceptors (Lipinski definition) is 4. The number of carbonyl (C=O) groups excluding carboxylic acids is 1. The van der Waals surface area contributed by atoms with Gasteiger partial charge in [-0.3, -0.25) is 4.79 Å². The van der Waals surface area contributed by atoms with Gasteiger partial charge in [-0.25, -0.2) is 0 Å². The third kappa shape index (κ3) is 9.42. The molecule has 152 valence electrons. The van der Waals surface area contributed by atoms with Gasteiger partial charge in [0.15, 0.2) is 0 Å². The largest absolute Gasteiger partial charge is 0.416 e. The maximum atomic E-state index is 12.7. The van der Waals surface area contributed by atoms with Gasteiger partial charge in [0, 0.05) is 20.1 Å². The van der Waals surface area contributed by atoms with Crippen LogP contribution in [0, 0.1) is 0 Å². The lowest BCUT2D eigenvalue weighted by atomic mass is 10.0. The van der Waals surface area contributed by atoms with Crippen LogP contribution in [0.25, 0.3) is 0 Å². The number of nitrogens with one attached hydrogen (secondary N) is 1. The van der Waals surface area contributed by atoms with Crippen molar-refractivity contribution in [1.29, 1.82) is 0 Å². The van der Waals surface area contributed by atoms with Crippen LogP contribution in [0.2, 0.25) is 0 Å². The number of rotatable bonds is 12. The van der Waals surface area contributed by atoms with E-state index in [9.17, 15) is 18.0 Å². The second-order valence-corrected chi connectivity index (χ2v) is 6.00. The van der Waals surface area contributed by atoms with Crippen LogP contribution in [0.1, 0.15) is 50.2 Å². The molecule has 0 unspecified atom stereocenters. The van der Waals surface area contributed by atoms with E-state index in [0.29, 0.717) is 37.3 Å². The molecule has 1 aromatic carbocycles. The molecule has 0 aliphatic heterocycles. The number of benzene rings is 1. The normalized spacial score (nSPS) is 12.1. The van der Waals surface area contributed by atoms with Gasteiger partial charge in [0.25, 0.3) is 0 Å². The number of ether oxygens (including phenoxy) is 1. The average molecular weight is 388 g/mol. The van der Waals surface area contributed by atoms with Crippen LogP contribution in [0.3, 0.4) is 0 Å². The number of hydrogen-bond donors (Lipinski definition) is 1. The number of nitrogens with zero attached hydrogens (tertiary/aromatic N) is 1. The number of alkyl halides is 3. The fourth-order valence-electron chi connectivity index (χ4n) is 2.31. The molecule has 0 saturated heterocycles. The fourth-order valence-corrected chi connectivity index (χ4v) is 2.31. The lowest BCUT2D eigenvalue weighted by molar-refractivity contribution is -0.137. The monoisotopic (exact) mass is 388 g/mol. The van der Waals surface area contributed by atoms with E-state index in [1.807, 2.05) is 6.92 Å². The van der Waals surface area contributed by atoms with E-state index in [1.165, 1.54) is 12.1 Å². The topological polar surface area (TPSA) is 59.9 Å². The van der Waals surface area contributed by atoms with E-state index in [0.717, 1.165) is 31.4 Å². The summed E-state index contributed by atoms with van der Waals surface area (Å²) in [6.07, 6.45) is -1.02. The number of halogens is 3. The molecule has 0 aliphatic rings. The summed E-state index contributed by atoms with van der Waals surface area (Å²) in [5, 5.41) is 6.78. The second-order valence-electron chi connectivity index (χ2n) is 6.00. The lowest BCUT2D eigenvalue weighted by Gasteiger charge is -2.10. The number of carbonyl (C=O) groups is 1. The Bertz CT molecular complexity index is 587. The molecule has 1 aromatic rings.